The smallest absolute Gasteiger partial charge is 0.306 e. The van der Waals surface area contributed by atoms with E-state index in [1.165, 1.54) is 14.2 Å². The Bertz CT molecular complexity index is 574. The highest BCUT2D eigenvalue weighted by Gasteiger charge is 2.18. The number of anilines is 1. The van der Waals surface area contributed by atoms with Gasteiger partial charge in [0.1, 0.15) is 0 Å². The molecule has 118 valence electrons. The summed E-state index contributed by atoms with van der Waals surface area (Å²) in [4.78, 5) is 11.0. The average molecular weight is 316 g/mol. The molecule has 1 rings (SSSR count). The fraction of sp³-hybridized carbons (Fsp3) is 0.462. The van der Waals surface area contributed by atoms with Crippen LogP contribution < -0.4 is 4.72 Å². The van der Waals surface area contributed by atoms with Gasteiger partial charge in [0.05, 0.1) is 25.8 Å². The molecule has 0 heterocycles. The highest BCUT2D eigenvalue weighted by atomic mass is 32.2. The van der Waals surface area contributed by atoms with Crippen LogP contribution in [0.15, 0.2) is 24.3 Å². The van der Waals surface area contributed by atoms with E-state index in [1.807, 2.05) is 6.07 Å². The molecule has 0 saturated heterocycles. The van der Waals surface area contributed by atoms with Gasteiger partial charge in [0, 0.05) is 20.7 Å². The first-order chi connectivity index (χ1) is 9.89. The molecule has 0 amide bonds. The summed E-state index contributed by atoms with van der Waals surface area (Å²) < 4.78 is 37.2. The lowest BCUT2D eigenvalue weighted by atomic mass is 10.2. The largest absolute Gasteiger partial charge is 0.469 e. The second-order valence-corrected chi connectivity index (χ2v) is 6.17. The number of esters is 1. The summed E-state index contributed by atoms with van der Waals surface area (Å²) in [6, 6.07) is 6.91. The molecule has 0 bridgehead atoms. The molecular weight excluding hydrogens is 296 g/mol. The number of ether oxygens (including phenoxy) is 2. The highest BCUT2D eigenvalue weighted by molar-refractivity contribution is 7.90. The second kappa shape index (κ2) is 7.96. The predicted molar refractivity (Wildman–Crippen MR) is 79.0 cm³/mol. The van der Waals surface area contributed by atoms with E-state index in [0.717, 1.165) is 9.87 Å². The van der Waals surface area contributed by atoms with Gasteiger partial charge in [-0.2, -0.15) is 12.7 Å². The number of carbonyl (C=O) groups excluding carboxylic acids is 1. The van der Waals surface area contributed by atoms with Gasteiger partial charge in [0.15, 0.2) is 0 Å². The third kappa shape index (κ3) is 5.70. The third-order valence-electron chi connectivity index (χ3n) is 2.75. The molecule has 0 fully saturated rings. The standard InChI is InChI=1S/C13H20N2O5S/c1-15(8-7-13(16)20-3)21(17,18)14-12-6-4-5-11(9-12)10-19-2/h4-6,9,14H,7-8,10H2,1-3H3. The number of benzene rings is 1. The number of methoxy groups -OCH3 is 2. The van der Waals surface area contributed by atoms with Crippen LogP contribution in [0.4, 0.5) is 5.69 Å². The first kappa shape index (κ1) is 17.4. The van der Waals surface area contributed by atoms with Crippen molar-refractivity contribution in [2.45, 2.75) is 13.0 Å². The zero-order valence-corrected chi connectivity index (χ0v) is 13.1. The maximum absolute atomic E-state index is 12.1. The van der Waals surface area contributed by atoms with Crippen molar-refractivity contribution in [1.29, 1.82) is 0 Å². The van der Waals surface area contributed by atoms with Crippen LogP contribution in [0.5, 0.6) is 0 Å². The number of nitrogens with zero attached hydrogens (tertiary/aromatic N) is 1. The highest BCUT2D eigenvalue weighted by Crippen LogP contribution is 2.14. The van der Waals surface area contributed by atoms with E-state index in [0.29, 0.717) is 12.3 Å². The second-order valence-electron chi connectivity index (χ2n) is 4.39. The van der Waals surface area contributed by atoms with Gasteiger partial charge in [-0.3, -0.25) is 9.52 Å². The van der Waals surface area contributed by atoms with Crippen LogP contribution in [0.2, 0.25) is 0 Å². The Balaban J connectivity index is 2.70. The van der Waals surface area contributed by atoms with Crippen molar-refractivity contribution < 1.29 is 22.7 Å². The molecule has 7 nitrogen and oxygen atoms in total. The summed E-state index contributed by atoms with van der Waals surface area (Å²) in [5.41, 5.74) is 1.30. The summed E-state index contributed by atoms with van der Waals surface area (Å²) in [7, 11) is 0.506. The number of hydrogen-bond acceptors (Lipinski definition) is 5. The Kier molecular flexibility index (Phi) is 6.60. The van der Waals surface area contributed by atoms with Crippen molar-refractivity contribution in [3.63, 3.8) is 0 Å². The third-order valence-corrected chi connectivity index (χ3v) is 4.25. The molecule has 0 aliphatic heterocycles. The molecule has 0 aliphatic carbocycles. The van der Waals surface area contributed by atoms with Crippen LogP contribution >= 0.6 is 0 Å². The molecule has 0 aromatic heterocycles. The lowest BCUT2D eigenvalue weighted by Crippen LogP contribution is -2.34. The lowest BCUT2D eigenvalue weighted by molar-refractivity contribution is -0.140. The summed E-state index contributed by atoms with van der Waals surface area (Å²) >= 11 is 0. The summed E-state index contributed by atoms with van der Waals surface area (Å²) in [6.45, 7) is 0.438. The van der Waals surface area contributed by atoms with Crippen molar-refractivity contribution in [1.82, 2.24) is 4.31 Å². The molecule has 8 heteroatoms. The molecule has 0 atom stereocenters. The summed E-state index contributed by atoms with van der Waals surface area (Å²) in [5, 5.41) is 0. The first-order valence-corrected chi connectivity index (χ1v) is 7.72. The number of carbonyl (C=O) groups is 1. The maximum atomic E-state index is 12.1. The average Bonchev–Trinajstić information content (AvgIpc) is 2.44. The van der Waals surface area contributed by atoms with Gasteiger partial charge < -0.3 is 9.47 Å². The Hall–Kier alpha value is -1.64. The summed E-state index contributed by atoms with van der Waals surface area (Å²) in [6.07, 6.45) is -0.00236. The van der Waals surface area contributed by atoms with Crippen LogP contribution in [0.3, 0.4) is 0 Å². The van der Waals surface area contributed by atoms with E-state index in [9.17, 15) is 13.2 Å². The van der Waals surface area contributed by atoms with Gasteiger partial charge in [-0.05, 0) is 17.7 Å². The zero-order chi connectivity index (χ0) is 15.9. The Morgan fingerprint density at radius 2 is 2.05 bits per heavy atom. The van der Waals surface area contributed by atoms with Gasteiger partial charge in [-0.25, -0.2) is 0 Å². The minimum Gasteiger partial charge on any atom is -0.469 e. The summed E-state index contributed by atoms with van der Waals surface area (Å²) in [5.74, 6) is -0.459. The molecule has 1 aromatic carbocycles. The molecule has 1 N–H and O–H groups in total. The van der Waals surface area contributed by atoms with Crippen LogP contribution in [0, 0.1) is 0 Å². The van der Waals surface area contributed by atoms with Crippen LogP contribution in [0.25, 0.3) is 0 Å². The molecule has 0 unspecified atom stereocenters. The first-order valence-electron chi connectivity index (χ1n) is 6.28. The number of hydrogen-bond donors (Lipinski definition) is 1. The normalized spacial score (nSPS) is 11.4. The Morgan fingerprint density at radius 1 is 1.33 bits per heavy atom. The quantitative estimate of drug-likeness (QED) is 0.723. The lowest BCUT2D eigenvalue weighted by Gasteiger charge is -2.18. The van der Waals surface area contributed by atoms with Gasteiger partial charge >= 0.3 is 16.2 Å². The van der Waals surface area contributed by atoms with Crippen LogP contribution in [0.1, 0.15) is 12.0 Å². The van der Waals surface area contributed by atoms with E-state index in [2.05, 4.69) is 9.46 Å². The molecule has 21 heavy (non-hydrogen) atoms. The molecule has 0 saturated carbocycles. The SMILES string of the molecule is COCc1cccc(NS(=O)(=O)N(C)CCC(=O)OC)c1. The zero-order valence-electron chi connectivity index (χ0n) is 12.3. The Labute approximate surface area is 125 Å². The number of rotatable bonds is 8. The molecular formula is C13H20N2O5S. The van der Waals surface area contributed by atoms with E-state index in [1.54, 1.807) is 25.3 Å². The Morgan fingerprint density at radius 3 is 2.67 bits per heavy atom. The van der Waals surface area contributed by atoms with E-state index >= 15 is 0 Å². The monoisotopic (exact) mass is 316 g/mol. The van der Waals surface area contributed by atoms with Crippen LogP contribution in [-0.2, 0) is 31.1 Å². The van der Waals surface area contributed by atoms with Gasteiger partial charge in [-0.1, -0.05) is 12.1 Å². The molecule has 0 spiro atoms. The van der Waals surface area contributed by atoms with Gasteiger partial charge in [0.25, 0.3) is 0 Å². The van der Waals surface area contributed by atoms with Gasteiger partial charge in [-0.15, -0.1) is 0 Å². The molecule has 1 aromatic rings. The topological polar surface area (TPSA) is 84.9 Å². The molecule has 0 aliphatic rings. The van der Waals surface area contributed by atoms with Crippen molar-refractivity contribution in [2.75, 3.05) is 32.5 Å². The minimum atomic E-state index is -3.71. The fourth-order valence-electron chi connectivity index (χ4n) is 1.59. The van der Waals surface area contributed by atoms with E-state index < -0.39 is 16.2 Å². The fourth-order valence-corrected chi connectivity index (χ4v) is 2.50. The molecule has 0 radical (unpaired) electrons. The minimum absolute atomic E-state index is 0.00236. The van der Waals surface area contributed by atoms with E-state index in [4.69, 9.17) is 4.74 Å². The van der Waals surface area contributed by atoms with Crippen molar-refractivity contribution in [3.05, 3.63) is 29.8 Å². The van der Waals surface area contributed by atoms with Crippen molar-refractivity contribution >= 4 is 21.9 Å². The van der Waals surface area contributed by atoms with Crippen molar-refractivity contribution in [2.24, 2.45) is 0 Å². The predicted octanol–water partition coefficient (Wildman–Crippen LogP) is 0.985. The van der Waals surface area contributed by atoms with E-state index in [-0.39, 0.29) is 13.0 Å². The van der Waals surface area contributed by atoms with Crippen LogP contribution in [-0.4, -0.2) is 46.5 Å². The van der Waals surface area contributed by atoms with Gasteiger partial charge in [0.2, 0.25) is 0 Å². The maximum Gasteiger partial charge on any atom is 0.306 e. The van der Waals surface area contributed by atoms with Crippen molar-refractivity contribution in [3.8, 4) is 0 Å². The number of nitrogens with one attached hydrogen (secondary N) is 1.